The number of hydrogen-bond donors (Lipinski definition) is 2. The average molecular weight is 409 g/mol. The molecule has 0 saturated carbocycles. The minimum Gasteiger partial charge on any atom is -0.432 e. The third-order valence-electron chi connectivity index (χ3n) is 4.97. The standard InChI is InChI=1S/C20H19N5O3S/c1-20(2,27)19-21-9-13(28-19)18(26)25-8-7-12-15(23-10-22-12)16(25)17-24-11-5-3-4-6-14(11)29-17/h3-6,9-10,16,27H,7-8H2,1-2H3,(H,22,23)/t16-/m0/s1. The number of aromatic amines is 1. The van der Waals surface area contributed by atoms with E-state index in [1.165, 1.54) is 6.20 Å². The van der Waals surface area contributed by atoms with Crippen molar-refractivity contribution in [2.75, 3.05) is 6.54 Å². The molecule has 0 fully saturated rings. The Bertz CT molecular complexity index is 1170. The molecule has 4 heterocycles. The number of carbonyl (C=O) groups is 1. The van der Waals surface area contributed by atoms with Gasteiger partial charge < -0.3 is 19.4 Å². The highest BCUT2D eigenvalue weighted by atomic mass is 32.1. The Morgan fingerprint density at radius 2 is 2.17 bits per heavy atom. The number of H-pyrrole nitrogens is 1. The highest BCUT2D eigenvalue weighted by Crippen LogP contribution is 2.38. The van der Waals surface area contributed by atoms with Crippen molar-refractivity contribution in [3.05, 3.63) is 64.8 Å². The summed E-state index contributed by atoms with van der Waals surface area (Å²) in [6, 6.07) is 7.49. The molecule has 1 atom stereocenters. The Morgan fingerprint density at radius 1 is 1.34 bits per heavy atom. The van der Waals surface area contributed by atoms with Crippen LogP contribution in [0.1, 0.15) is 52.7 Å². The van der Waals surface area contributed by atoms with Crippen LogP contribution in [0.25, 0.3) is 10.2 Å². The van der Waals surface area contributed by atoms with E-state index in [2.05, 4.69) is 15.0 Å². The van der Waals surface area contributed by atoms with Crippen molar-refractivity contribution in [1.29, 1.82) is 0 Å². The van der Waals surface area contributed by atoms with E-state index < -0.39 is 11.6 Å². The number of benzene rings is 1. The van der Waals surface area contributed by atoms with Gasteiger partial charge in [0.15, 0.2) is 0 Å². The summed E-state index contributed by atoms with van der Waals surface area (Å²) in [4.78, 5) is 31.5. The number of imidazole rings is 1. The number of oxazole rings is 1. The fourth-order valence-electron chi connectivity index (χ4n) is 3.55. The zero-order valence-electron chi connectivity index (χ0n) is 15.9. The van der Waals surface area contributed by atoms with E-state index in [9.17, 15) is 9.90 Å². The summed E-state index contributed by atoms with van der Waals surface area (Å²) >= 11 is 1.55. The molecule has 0 saturated heterocycles. The van der Waals surface area contributed by atoms with Crippen molar-refractivity contribution >= 4 is 27.5 Å². The van der Waals surface area contributed by atoms with Gasteiger partial charge in [0.25, 0.3) is 5.91 Å². The Hall–Kier alpha value is -3.04. The minimum atomic E-state index is -1.26. The molecule has 1 aliphatic rings. The highest BCUT2D eigenvalue weighted by Gasteiger charge is 2.38. The third-order valence-corrected chi connectivity index (χ3v) is 6.06. The summed E-state index contributed by atoms with van der Waals surface area (Å²) in [6.45, 7) is 3.62. The van der Waals surface area contributed by atoms with Gasteiger partial charge in [-0.2, -0.15) is 0 Å². The number of aliphatic hydroxyl groups is 1. The number of aromatic nitrogens is 4. The first-order valence-corrected chi connectivity index (χ1v) is 10.1. The lowest BCUT2D eigenvalue weighted by Gasteiger charge is -2.33. The van der Waals surface area contributed by atoms with Crippen LogP contribution in [0.4, 0.5) is 0 Å². The van der Waals surface area contributed by atoms with Crippen LogP contribution in [0.15, 0.2) is 41.2 Å². The van der Waals surface area contributed by atoms with Gasteiger partial charge in [0.2, 0.25) is 11.7 Å². The van der Waals surface area contributed by atoms with E-state index in [1.807, 2.05) is 24.3 Å². The van der Waals surface area contributed by atoms with Gasteiger partial charge in [-0.25, -0.2) is 15.0 Å². The molecule has 0 bridgehead atoms. The molecule has 2 N–H and O–H groups in total. The molecule has 3 aromatic heterocycles. The zero-order chi connectivity index (χ0) is 20.2. The SMILES string of the molecule is CC(C)(O)c1ncc(C(=O)N2CCc3[nH]cnc3[C@H]2c2nc3ccccc3s2)o1. The summed E-state index contributed by atoms with van der Waals surface area (Å²) in [5.41, 5.74) is 1.44. The number of thiazole rings is 1. The van der Waals surface area contributed by atoms with Gasteiger partial charge in [-0.1, -0.05) is 12.1 Å². The minimum absolute atomic E-state index is 0.0900. The summed E-state index contributed by atoms with van der Waals surface area (Å²) in [6.07, 6.45) is 3.68. The lowest BCUT2D eigenvalue weighted by Crippen LogP contribution is -2.40. The van der Waals surface area contributed by atoms with Crippen molar-refractivity contribution in [3.8, 4) is 0 Å². The Kier molecular flexibility index (Phi) is 4.04. The maximum Gasteiger partial charge on any atom is 0.292 e. The van der Waals surface area contributed by atoms with E-state index in [0.29, 0.717) is 13.0 Å². The maximum absolute atomic E-state index is 13.3. The molecule has 148 valence electrons. The monoisotopic (exact) mass is 409 g/mol. The molecule has 0 radical (unpaired) electrons. The second-order valence-corrected chi connectivity index (χ2v) is 8.59. The van der Waals surface area contributed by atoms with Crippen molar-refractivity contribution in [2.45, 2.75) is 31.9 Å². The van der Waals surface area contributed by atoms with E-state index >= 15 is 0 Å². The number of fused-ring (bicyclic) bond motifs is 2. The first-order valence-electron chi connectivity index (χ1n) is 9.29. The lowest BCUT2D eigenvalue weighted by molar-refractivity contribution is 0.0441. The summed E-state index contributed by atoms with van der Waals surface area (Å²) < 4.78 is 6.64. The molecule has 1 aliphatic heterocycles. The molecule has 1 aromatic carbocycles. The first kappa shape index (κ1) is 18.0. The molecule has 0 spiro atoms. The second kappa shape index (κ2) is 6.50. The fourth-order valence-corrected chi connectivity index (χ4v) is 4.63. The summed E-state index contributed by atoms with van der Waals surface area (Å²) in [5.74, 6) is -0.104. The summed E-state index contributed by atoms with van der Waals surface area (Å²) in [7, 11) is 0. The van der Waals surface area contributed by atoms with Crippen LogP contribution in [0.5, 0.6) is 0 Å². The highest BCUT2D eigenvalue weighted by molar-refractivity contribution is 7.18. The third kappa shape index (κ3) is 3.02. The number of carbonyl (C=O) groups excluding carboxylic acids is 1. The van der Waals surface area contributed by atoms with Gasteiger partial charge in [0.1, 0.15) is 16.7 Å². The average Bonchev–Trinajstić information content (AvgIpc) is 3.44. The van der Waals surface area contributed by atoms with E-state index in [0.717, 1.165) is 26.6 Å². The molecular formula is C20H19N5O3S. The zero-order valence-corrected chi connectivity index (χ0v) is 16.7. The molecule has 8 nitrogen and oxygen atoms in total. The Labute approximate surface area is 170 Å². The van der Waals surface area contributed by atoms with Gasteiger partial charge in [0.05, 0.1) is 28.4 Å². The molecule has 0 unspecified atom stereocenters. The summed E-state index contributed by atoms with van der Waals surface area (Å²) in [5, 5.41) is 10.9. The lowest BCUT2D eigenvalue weighted by atomic mass is 10.0. The quantitative estimate of drug-likeness (QED) is 0.538. The molecule has 5 rings (SSSR count). The maximum atomic E-state index is 13.3. The molecule has 1 amide bonds. The van der Waals surface area contributed by atoms with Gasteiger partial charge in [-0.3, -0.25) is 4.79 Å². The predicted octanol–water partition coefficient (Wildman–Crippen LogP) is 3.02. The van der Waals surface area contributed by atoms with Crippen LogP contribution in [0.3, 0.4) is 0 Å². The van der Waals surface area contributed by atoms with Gasteiger partial charge >= 0.3 is 0 Å². The largest absolute Gasteiger partial charge is 0.432 e. The van der Waals surface area contributed by atoms with Gasteiger partial charge in [-0.15, -0.1) is 11.3 Å². The number of nitrogens with one attached hydrogen (secondary N) is 1. The Balaban J connectivity index is 1.57. The normalized spacial score (nSPS) is 16.9. The van der Waals surface area contributed by atoms with Crippen LogP contribution in [-0.2, 0) is 12.0 Å². The van der Waals surface area contributed by atoms with Gasteiger partial charge in [-0.05, 0) is 26.0 Å². The topological polar surface area (TPSA) is 108 Å². The van der Waals surface area contributed by atoms with Crippen LogP contribution < -0.4 is 0 Å². The van der Waals surface area contributed by atoms with Crippen molar-refractivity contribution < 1.29 is 14.3 Å². The molecule has 4 aromatic rings. The number of hydrogen-bond acceptors (Lipinski definition) is 7. The van der Waals surface area contributed by atoms with Crippen LogP contribution in [0, 0.1) is 0 Å². The van der Waals surface area contributed by atoms with Crippen molar-refractivity contribution in [2.24, 2.45) is 0 Å². The van der Waals surface area contributed by atoms with E-state index in [-0.39, 0.29) is 17.6 Å². The smallest absolute Gasteiger partial charge is 0.292 e. The fraction of sp³-hybridized carbons (Fsp3) is 0.300. The Morgan fingerprint density at radius 3 is 2.93 bits per heavy atom. The first-order chi connectivity index (χ1) is 13.9. The van der Waals surface area contributed by atoms with Crippen LogP contribution in [-0.4, -0.2) is 42.4 Å². The van der Waals surface area contributed by atoms with Gasteiger partial charge in [0, 0.05) is 18.7 Å². The van der Waals surface area contributed by atoms with Crippen LogP contribution >= 0.6 is 11.3 Å². The molecule has 29 heavy (non-hydrogen) atoms. The number of para-hydroxylation sites is 1. The molecular weight excluding hydrogens is 390 g/mol. The second-order valence-electron chi connectivity index (χ2n) is 7.53. The molecule has 0 aliphatic carbocycles. The number of nitrogens with zero attached hydrogens (tertiary/aromatic N) is 4. The van der Waals surface area contributed by atoms with E-state index in [1.54, 1.807) is 36.4 Å². The van der Waals surface area contributed by atoms with Crippen molar-refractivity contribution in [1.82, 2.24) is 24.8 Å². The molecule has 9 heteroatoms. The number of amides is 1. The number of rotatable bonds is 3. The van der Waals surface area contributed by atoms with E-state index in [4.69, 9.17) is 9.40 Å². The predicted molar refractivity (Wildman–Crippen MR) is 107 cm³/mol. The van der Waals surface area contributed by atoms with Crippen molar-refractivity contribution in [3.63, 3.8) is 0 Å². The van der Waals surface area contributed by atoms with Crippen LogP contribution in [0.2, 0.25) is 0 Å².